The van der Waals surface area contributed by atoms with E-state index < -0.39 is 0 Å². The molecule has 1 saturated heterocycles. The average Bonchev–Trinajstić information content (AvgIpc) is 2.73. The van der Waals surface area contributed by atoms with Crippen molar-refractivity contribution in [3.05, 3.63) is 59.8 Å². The number of rotatable bonds is 5. The highest BCUT2D eigenvalue weighted by molar-refractivity contribution is 5.81. The molecule has 0 radical (unpaired) electrons. The van der Waals surface area contributed by atoms with Crippen LogP contribution in [0.25, 0.3) is 0 Å². The lowest BCUT2D eigenvalue weighted by Gasteiger charge is -2.38. The first-order valence-corrected chi connectivity index (χ1v) is 9.29. The molecular formula is C21H25N5O. The predicted octanol–water partition coefficient (Wildman–Crippen LogP) is 2.34. The number of anilines is 1. The van der Waals surface area contributed by atoms with Gasteiger partial charge in [0.25, 0.3) is 0 Å². The van der Waals surface area contributed by atoms with Gasteiger partial charge >= 0.3 is 0 Å². The molecule has 140 valence electrons. The summed E-state index contributed by atoms with van der Waals surface area (Å²) in [4.78, 5) is 21.3. The molecule has 0 spiro atoms. The van der Waals surface area contributed by atoms with Crippen molar-refractivity contribution in [3.8, 4) is 6.07 Å². The van der Waals surface area contributed by atoms with Crippen molar-refractivity contribution in [2.45, 2.75) is 25.9 Å². The number of nitrogens with one attached hydrogen (secondary N) is 1. The van der Waals surface area contributed by atoms with E-state index in [9.17, 15) is 10.1 Å². The fraction of sp³-hybridized carbons (Fsp3) is 0.381. The Morgan fingerprint density at radius 3 is 2.48 bits per heavy atom. The lowest BCUT2D eigenvalue weighted by Crippen LogP contribution is -2.54. The summed E-state index contributed by atoms with van der Waals surface area (Å²) in [6.07, 6.45) is 1.71. The van der Waals surface area contributed by atoms with Crippen molar-refractivity contribution in [2.24, 2.45) is 0 Å². The molecule has 27 heavy (non-hydrogen) atoms. The van der Waals surface area contributed by atoms with Crippen molar-refractivity contribution in [1.29, 1.82) is 5.26 Å². The van der Waals surface area contributed by atoms with Crippen LogP contribution in [0.4, 0.5) is 5.82 Å². The minimum Gasteiger partial charge on any atom is -0.353 e. The molecule has 2 aromatic rings. The van der Waals surface area contributed by atoms with Crippen molar-refractivity contribution in [1.82, 2.24) is 15.2 Å². The number of hydrogen-bond donors (Lipinski definition) is 1. The highest BCUT2D eigenvalue weighted by Crippen LogP contribution is 2.19. The van der Waals surface area contributed by atoms with Gasteiger partial charge in [-0.1, -0.05) is 30.3 Å². The SMILES string of the molecule is CC(NC(=O)C(C)N1CCN(c2ncccc2C#N)CC1)c1ccccc1. The molecule has 1 amide bonds. The van der Waals surface area contributed by atoms with Crippen LogP contribution in [0.15, 0.2) is 48.7 Å². The number of piperazine rings is 1. The molecule has 1 N–H and O–H groups in total. The van der Waals surface area contributed by atoms with Gasteiger partial charge in [0.15, 0.2) is 0 Å². The summed E-state index contributed by atoms with van der Waals surface area (Å²) < 4.78 is 0. The molecule has 2 unspecified atom stereocenters. The zero-order chi connectivity index (χ0) is 19.2. The molecule has 1 aromatic carbocycles. The van der Waals surface area contributed by atoms with Gasteiger partial charge in [-0.3, -0.25) is 9.69 Å². The number of nitrogens with zero attached hydrogens (tertiary/aromatic N) is 4. The van der Waals surface area contributed by atoms with Gasteiger partial charge in [-0.25, -0.2) is 4.98 Å². The van der Waals surface area contributed by atoms with Gasteiger partial charge in [-0.2, -0.15) is 5.26 Å². The average molecular weight is 363 g/mol. The third-order valence-corrected chi connectivity index (χ3v) is 5.11. The van der Waals surface area contributed by atoms with E-state index >= 15 is 0 Å². The molecule has 1 aromatic heterocycles. The van der Waals surface area contributed by atoms with E-state index in [1.54, 1.807) is 18.3 Å². The second-order valence-electron chi connectivity index (χ2n) is 6.83. The van der Waals surface area contributed by atoms with E-state index in [4.69, 9.17) is 0 Å². The molecule has 1 fully saturated rings. The van der Waals surface area contributed by atoms with Gasteiger partial charge in [0.05, 0.1) is 17.6 Å². The van der Waals surface area contributed by atoms with Crippen molar-refractivity contribution < 1.29 is 4.79 Å². The van der Waals surface area contributed by atoms with Gasteiger partial charge in [0, 0.05) is 32.4 Å². The predicted molar refractivity (Wildman–Crippen MR) is 105 cm³/mol. The Labute approximate surface area is 160 Å². The maximum absolute atomic E-state index is 12.7. The number of amides is 1. The smallest absolute Gasteiger partial charge is 0.237 e. The van der Waals surface area contributed by atoms with Crippen LogP contribution in [-0.4, -0.2) is 48.0 Å². The van der Waals surface area contributed by atoms with Crippen molar-refractivity contribution in [3.63, 3.8) is 0 Å². The summed E-state index contributed by atoms with van der Waals surface area (Å²) in [5.74, 6) is 0.768. The summed E-state index contributed by atoms with van der Waals surface area (Å²) >= 11 is 0. The Bertz CT molecular complexity index is 809. The maximum Gasteiger partial charge on any atom is 0.237 e. The monoisotopic (exact) mass is 363 g/mol. The summed E-state index contributed by atoms with van der Waals surface area (Å²) in [6, 6.07) is 15.5. The van der Waals surface area contributed by atoms with E-state index in [0.717, 1.165) is 37.6 Å². The maximum atomic E-state index is 12.7. The highest BCUT2D eigenvalue weighted by atomic mass is 16.2. The Morgan fingerprint density at radius 1 is 1.11 bits per heavy atom. The molecule has 2 heterocycles. The Morgan fingerprint density at radius 2 is 1.81 bits per heavy atom. The molecule has 1 aliphatic heterocycles. The van der Waals surface area contributed by atoms with Crippen LogP contribution in [0.2, 0.25) is 0 Å². The van der Waals surface area contributed by atoms with Gasteiger partial charge < -0.3 is 10.2 Å². The topological polar surface area (TPSA) is 72.3 Å². The van der Waals surface area contributed by atoms with E-state index in [1.807, 2.05) is 44.2 Å². The number of aromatic nitrogens is 1. The van der Waals surface area contributed by atoms with Crippen LogP contribution >= 0.6 is 0 Å². The standard InChI is InChI=1S/C21H25N5O/c1-16(18-7-4-3-5-8-18)24-21(27)17(2)25-11-13-26(14-12-25)20-19(15-22)9-6-10-23-20/h3-10,16-17H,11-14H2,1-2H3,(H,24,27). The van der Waals surface area contributed by atoms with Gasteiger partial charge in [0.1, 0.15) is 11.9 Å². The fourth-order valence-corrected chi connectivity index (χ4v) is 3.38. The zero-order valence-electron chi connectivity index (χ0n) is 15.8. The molecular weight excluding hydrogens is 338 g/mol. The lowest BCUT2D eigenvalue weighted by atomic mass is 10.1. The third kappa shape index (κ3) is 4.44. The minimum atomic E-state index is -0.197. The number of carbonyl (C=O) groups excluding carboxylic acids is 1. The normalized spacial score (nSPS) is 17.0. The summed E-state index contributed by atoms with van der Waals surface area (Å²) in [7, 11) is 0. The van der Waals surface area contributed by atoms with Crippen LogP contribution in [0.3, 0.4) is 0 Å². The number of carbonyl (C=O) groups is 1. The third-order valence-electron chi connectivity index (χ3n) is 5.11. The first-order valence-electron chi connectivity index (χ1n) is 9.29. The first kappa shape index (κ1) is 18.9. The molecule has 2 atom stereocenters. The van der Waals surface area contributed by atoms with E-state index in [1.165, 1.54) is 0 Å². The fourth-order valence-electron chi connectivity index (χ4n) is 3.38. The molecule has 0 bridgehead atoms. The summed E-state index contributed by atoms with van der Waals surface area (Å²) in [6.45, 7) is 6.97. The molecule has 0 saturated carbocycles. The Kier molecular flexibility index (Phi) is 6.05. The van der Waals surface area contributed by atoms with Crippen LogP contribution in [0.1, 0.15) is 31.0 Å². The first-order chi connectivity index (χ1) is 13.1. The zero-order valence-corrected chi connectivity index (χ0v) is 15.8. The van der Waals surface area contributed by atoms with Crippen LogP contribution < -0.4 is 10.2 Å². The quantitative estimate of drug-likeness (QED) is 0.883. The second-order valence-corrected chi connectivity index (χ2v) is 6.83. The van der Waals surface area contributed by atoms with Gasteiger partial charge in [-0.05, 0) is 31.5 Å². The van der Waals surface area contributed by atoms with Gasteiger partial charge in [0.2, 0.25) is 5.91 Å². The number of nitriles is 1. The molecule has 6 heteroatoms. The molecule has 3 rings (SSSR count). The largest absolute Gasteiger partial charge is 0.353 e. The van der Waals surface area contributed by atoms with Crippen LogP contribution in [-0.2, 0) is 4.79 Å². The van der Waals surface area contributed by atoms with Crippen molar-refractivity contribution in [2.75, 3.05) is 31.1 Å². The summed E-state index contributed by atoms with van der Waals surface area (Å²) in [5, 5.41) is 12.4. The summed E-state index contributed by atoms with van der Waals surface area (Å²) in [5.41, 5.74) is 1.69. The van der Waals surface area contributed by atoms with Crippen LogP contribution in [0.5, 0.6) is 0 Å². The second kappa shape index (κ2) is 8.65. The Balaban J connectivity index is 1.56. The number of pyridine rings is 1. The van der Waals surface area contributed by atoms with Gasteiger partial charge in [-0.15, -0.1) is 0 Å². The van der Waals surface area contributed by atoms with E-state index in [2.05, 4.69) is 26.2 Å². The Hall–Kier alpha value is -2.91. The van der Waals surface area contributed by atoms with E-state index in [0.29, 0.717) is 5.56 Å². The lowest BCUT2D eigenvalue weighted by molar-refractivity contribution is -0.126. The highest BCUT2D eigenvalue weighted by Gasteiger charge is 2.27. The number of hydrogen-bond acceptors (Lipinski definition) is 5. The number of benzene rings is 1. The van der Waals surface area contributed by atoms with Crippen LogP contribution in [0, 0.1) is 11.3 Å². The molecule has 1 aliphatic rings. The molecule has 0 aliphatic carbocycles. The van der Waals surface area contributed by atoms with Crippen molar-refractivity contribution >= 4 is 11.7 Å². The minimum absolute atomic E-state index is 0.0193. The van der Waals surface area contributed by atoms with E-state index in [-0.39, 0.29) is 18.0 Å². The molecule has 6 nitrogen and oxygen atoms in total.